The smallest absolute Gasteiger partial charge is 0.131 e. The average Bonchev–Trinajstić information content (AvgIpc) is 2.05. The fourth-order valence-corrected chi connectivity index (χ4v) is 0.812. The van der Waals surface area contributed by atoms with Gasteiger partial charge in [-0.15, -0.1) is 0 Å². The summed E-state index contributed by atoms with van der Waals surface area (Å²) in [6.07, 6.45) is 2.69. The number of aromatic nitrogens is 2. The minimum absolute atomic E-state index is 0.268. The second-order valence-electron chi connectivity index (χ2n) is 2.87. The van der Waals surface area contributed by atoms with Crippen LogP contribution in [0.2, 0.25) is 0 Å². The van der Waals surface area contributed by atoms with Gasteiger partial charge in [0.05, 0.1) is 11.9 Å². The average molecular weight is 164 g/mol. The van der Waals surface area contributed by atoms with Crippen LogP contribution >= 0.6 is 0 Å². The van der Waals surface area contributed by atoms with Crippen molar-refractivity contribution in [2.24, 2.45) is 0 Å². The summed E-state index contributed by atoms with van der Waals surface area (Å²) < 4.78 is 0. The number of rotatable bonds is 2. The van der Waals surface area contributed by atoms with E-state index < -0.39 is 0 Å². The molecule has 0 aliphatic carbocycles. The van der Waals surface area contributed by atoms with Crippen LogP contribution < -0.4 is 5.73 Å². The lowest BCUT2D eigenvalue weighted by Crippen LogP contribution is -2.04. The fourth-order valence-electron chi connectivity index (χ4n) is 0.812. The maximum absolute atomic E-state index is 7.03. The second kappa shape index (κ2) is 3.30. The highest BCUT2D eigenvalue weighted by atomic mass is 14.9. The summed E-state index contributed by atoms with van der Waals surface area (Å²) in [5.41, 5.74) is 6.47. The van der Waals surface area contributed by atoms with E-state index in [-0.39, 0.29) is 5.92 Å². The van der Waals surface area contributed by atoms with Crippen LogP contribution in [0.25, 0.3) is 0 Å². The summed E-state index contributed by atoms with van der Waals surface area (Å²) in [6, 6.07) is 0. The van der Waals surface area contributed by atoms with E-state index in [9.17, 15) is 0 Å². The number of nitrogens with two attached hydrogens (primary N) is 1. The highest BCUT2D eigenvalue weighted by Gasteiger charge is 2.04. The molecule has 0 aromatic carbocycles. The van der Waals surface area contributed by atoms with Crippen LogP contribution in [0.5, 0.6) is 0 Å². The number of nitrogens with zero attached hydrogens (tertiary/aromatic N) is 2. The van der Waals surface area contributed by atoms with Crippen molar-refractivity contribution in [2.45, 2.75) is 19.8 Å². The van der Waals surface area contributed by atoms with Crippen LogP contribution in [0.3, 0.4) is 0 Å². The fraction of sp³-hybridized carbons (Fsp3) is 0.375. The van der Waals surface area contributed by atoms with Gasteiger partial charge in [0, 0.05) is 12.1 Å². The maximum Gasteiger partial charge on any atom is 0.131 e. The molecule has 0 saturated heterocycles. The Morgan fingerprint density at radius 3 is 2.75 bits per heavy atom. The molecule has 0 atom stereocenters. The van der Waals surface area contributed by atoms with Crippen molar-refractivity contribution >= 4 is 11.9 Å². The molecule has 0 saturated carbocycles. The molecule has 12 heavy (non-hydrogen) atoms. The van der Waals surface area contributed by atoms with Crippen LogP contribution in [0.4, 0.5) is 5.69 Å². The Kier molecular flexibility index (Phi) is 2.38. The van der Waals surface area contributed by atoms with E-state index in [4.69, 9.17) is 11.1 Å². The van der Waals surface area contributed by atoms with Crippen molar-refractivity contribution in [3.05, 3.63) is 17.7 Å². The predicted molar refractivity (Wildman–Crippen MR) is 48.4 cm³/mol. The van der Waals surface area contributed by atoms with Gasteiger partial charge in [-0.2, -0.15) is 0 Å². The number of hydrogen-bond donors (Lipinski definition) is 2. The quantitative estimate of drug-likeness (QED) is 0.644. The van der Waals surface area contributed by atoms with Gasteiger partial charge in [-0.05, 0) is 0 Å². The van der Waals surface area contributed by atoms with Crippen molar-refractivity contribution in [1.82, 2.24) is 9.97 Å². The molecule has 0 fully saturated rings. The van der Waals surface area contributed by atoms with E-state index in [1.807, 2.05) is 13.8 Å². The number of anilines is 1. The normalized spacial score (nSPS) is 10.2. The standard InChI is InChI=1S/C8H12N4/c1-5(2)8-11-4-6(10)7(3-9)12-8/h3-5,9H,10H2,1-2H3. The summed E-state index contributed by atoms with van der Waals surface area (Å²) in [6.45, 7) is 4.00. The number of nitrogens with one attached hydrogen (secondary N) is 1. The van der Waals surface area contributed by atoms with Gasteiger partial charge in [-0.1, -0.05) is 13.8 Å². The third kappa shape index (κ3) is 1.58. The molecule has 64 valence electrons. The topological polar surface area (TPSA) is 75.7 Å². The highest BCUT2D eigenvalue weighted by molar-refractivity contribution is 5.81. The van der Waals surface area contributed by atoms with Crippen molar-refractivity contribution in [3.8, 4) is 0 Å². The Hall–Kier alpha value is -1.45. The number of nitrogen functional groups attached to an aromatic ring is 1. The van der Waals surface area contributed by atoms with E-state index >= 15 is 0 Å². The molecule has 0 aliphatic heterocycles. The van der Waals surface area contributed by atoms with E-state index in [1.54, 1.807) is 6.20 Å². The minimum atomic E-state index is 0.268. The summed E-state index contributed by atoms with van der Waals surface area (Å²) >= 11 is 0. The molecular formula is C8H12N4. The summed E-state index contributed by atoms with van der Waals surface area (Å²) in [5.74, 6) is 0.993. The van der Waals surface area contributed by atoms with Gasteiger partial charge in [0.2, 0.25) is 0 Å². The predicted octanol–water partition coefficient (Wildman–Crippen LogP) is 1.18. The lowest BCUT2D eigenvalue weighted by atomic mass is 10.2. The van der Waals surface area contributed by atoms with Crippen LogP contribution in [-0.4, -0.2) is 16.2 Å². The first kappa shape index (κ1) is 8.64. The van der Waals surface area contributed by atoms with E-state index in [0.717, 1.165) is 12.0 Å². The maximum atomic E-state index is 7.03. The molecule has 0 radical (unpaired) electrons. The van der Waals surface area contributed by atoms with Gasteiger partial charge in [0.1, 0.15) is 11.5 Å². The third-order valence-electron chi connectivity index (χ3n) is 1.52. The molecule has 0 aliphatic rings. The molecule has 1 heterocycles. The second-order valence-corrected chi connectivity index (χ2v) is 2.87. The van der Waals surface area contributed by atoms with E-state index in [1.165, 1.54) is 0 Å². The lowest BCUT2D eigenvalue weighted by Gasteiger charge is -2.04. The molecule has 1 rings (SSSR count). The number of hydrogen-bond acceptors (Lipinski definition) is 4. The van der Waals surface area contributed by atoms with Gasteiger partial charge < -0.3 is 11.1 Å². The first-order chi connectivity index (χ1) is 5.65. The molecule has 4 heteroatoms. The van der Waals surface area contributed by atoms with Gasteiger partial charge in [0.15, 0.2) is 0 Å². The molecule has 1 aromatic heterocycles. The first-order valence-corrected chi connectivity index (χ1v) is 3.78. The Balaban J connectivity index is 3.13. The van der Waals surface area contributed by atoms with Gasteiger partial charge in [0.25, 0.3) is 0 Å². The molecule has 3 N–H and O–H groups in total. The molecule has 1 aromatic rings. The summed E-state index contributed by atoms with van der Waals surface area (Å²) in [5, 5.41) is 7.03. The van der Waals surface area contributed by atoms with E-state index in [0.29, 0.717) is 11.4 Å². The van der Waals surface area contributed by atoms with Gasteiger partial charge in [-0.25, -0.2) is 9.97 Å². The molecule has 0 spiro atoms. The molecule has 4 nitrogen and oxygen atoms in total. The SMILES string of the molecule is CC(C)c1ncc(N)c(C=N)n1. The Bertz CT molecular complexity index is 293. The van der Waals surface area contributed by atoms with Crippen molar-refractivity contribution in [1.29, 1.82) is 5.41 Å². The third-order valence-corrected chi connectivity index (χ3v) is 1.52. The van der Waals surface area contributed by atoms with Gasteiger partial charge >= 0.3 is 0 Å². The van der Waals surface area contributed by atoms with Crippen LogP contribution in [0.15, 0.2) is 6.20 Å². The lowest BCUT2D eigenvalue weighted by molar-refractivity contribution is 0.773. The molecule has 0 unspecified atom stereocenters. The Morgan fingerprint density at radius 2 is 2.25 bits per heavy atom. The molecule has 0 bridgehead atoms. The first-order valence-electron chi connectivity index (χ1n) is 3.78. The highest BCUT2D eigenvalue weighted by Crippen LogP contribution is 2.11. The zero-order valence-electron chi connectivity index (χ0n) is 7.20. The van der Waals surface area contributed by atoms with Crippen LogP contribution in [-0.2, 0) is 0 Å². The molecular weight excluding hydrogens is 152 g/mol. The summed E-state index contributed by atoms with van der Waals surface area (Å²) in [7, 11) is 0. The van der Waals surface area contributed by atoms with Gasteiger partial charge in [-0.3, -0.25) is 0 Å². The summed E-state index contributed by atoms with van der Waals surface area (Å²) in [4.78, 5) is 8.16. The zero-order chi connectivity index (χ0) is 9.14. The van der Waals surface area contributed by atoms with Crippen LogP contribution in [0.1, 0.15) is 31.3 Å². The molecule has 0 amide bonds. The Labute approximate surface area is 71.4 Å². The minimum Gasteiger partial charge on any atom is -0.396 e. The van der Waals surface area contributed by atoms with Crippen molar-refractivity contribution in [2.75, 3.05) is 5.73 Å². The Morgan fingerprint density at radius 1 is 1.58 bits per heavy atom. The monoisotopic (exact) mass is 164 g/mol. The zero-order valence-corrected chi connectivity index (χ0v) is 7.20. The van der Waals surface area contributed by atoms with Crippen molar-refractivity contribution in [3.63, 3.8) is 0 Å². The van der Waals surface area contributed by atoms with Crippen molar-refractivity contribution < 1.29 is 0 Å². The van der Waals surface area contributed by atoms with E-state index in [2.05, 4.69) is 9.97 Å². The largest absolute Gasteiger partial charge is 0.396 e. The van der Waals surface area contributed by atoms with Crippen LogP contribution in [0, 0.1) is 5.41 Å².